The van der Waals surface area contributed by atoms with Gasteiger partial charge in [0.1, 0.15) is 23.8 Å². The second-order valence-electron chi connectivity index (χ2n) is 7.58. The average Bonchev–Trinajstić information content (AvgIpc) is 3.10. The number of rotatable bonds is 7. The van der Waals surface area contributed by atoms with Crippen LogP contribution in [0.25, 0.3) is 6.08 Å². The molecule has 0 saturated carbocycles. The quantitative estimate of drug-likeness (QED) is 0.228. The Morgan fingerprint density at radius 1 is 1.12 bits per heavy atom. The van der Waals surface area contributed by atoms with Gasteiger partial charge in [-0.1, -0.05) is 24.3 Å². The smallest absolute Gasteiger partial charge is 0.281 e. The molecule has 3 aromatic rings. The Morgan fingerprint density at radius 2 is 1.91 bits per heavy atom. The molecule has 3 aromatic carbocycles. The molecule has 0 atom stereocenters. The number of aryl methyl sites for hydroxylation is 1. The SMILES string of the molecule is COc1ccc(/C=C2/NC(=S)N(c3cccc(C)c3)C2=O)cc1COc1cccc([N+](=O)[O-])c1. The van der Waals surface area contributed by atoms with Crippen LogP contribution < -0.4 is 19.7 Å². The minimum absolute atomic E-state index is 0.0529. The lowest BCUT2D eigenvalue weighted by Gasteiger charge is -2.14. The molecule has 8 nitrogen and oxygen atoms in total. The Labute approximate surface area is 201 Å². The van der Waals surface area contributed by atoms with Crippen LogP contribution in [-0.4, -0.2) is 23.1 Å². The summed E-state index contributed by atoms with van der Waals surface area (Å²) < 4.78 is 11.2. The van der Waals surface area contributed by atoms with Crippen molar-refractivity contribution >= 4 is 40.7 Å². The van der Waals surface area contributed by atoms with Gasteiger partial charge in [0.2, 0.25) is 0 Å². The molecule has 1 fully saturated rings. The maximum atomic E-state index is 13.0. The molecule has 172 valence electrons. The number of methoxy groups -OCH3 is 1. The van der Waals surface area contributed by atoms with Crippen LogP contribution in [0.1, 0.15) is 16.7 Å². The number of carbonyl (C=O) groups is 1. The minimum atomic E-state index is -0.476. The number of non-ortho nitro benzene ring substituents is 1. The zero-order chi connectivity index (χ0) is 24.2. The molecule has 0 radical (unpaired) electrons. The van der Waals surface area contributed by atoms with Crippen molar-refractivity contribution in [2.75, 3.05) is 12.0 Å². The predicted octanol–water partition coefficient (Wildman–Crippen LogP) is 4.75. The van der Waals surface area contributed by atoms with Crippen LogP contribution in [0.4, 0.5) is 11.4 Å². The van der Waals surface area contributed by atoms with E-state index in [1.165, 1.54) is 17.0 Å². The molecule has 1 N–H and O–H groups in total. The maximum absolute atomic E-state index is 13.0. The molecule has 1 heterocycles. The summed E-state index contributed by atoms with van der Waals surface area (Å²) in [5, 5.41) is 14.3. The molecular formula is C25H21N3O5S. The van der Waals surface area contributed by atoms with Crippen molar-refractivity contribution < 1.29 is 19.2 Å². The van der Waals surface area contributed by atoms with E-state index in [1.54, 1.807) is 31.4 Å². The molecule has 1 saturated heterocycles. The number of carbonyl (C=O) groups excluding carboxylic acids is 1. The lowest BCUT2D eigenvalue weighted by atomic mass is 10.1. The molecule has 34 heavy (non-hydrogen) atoms. The number of hydrogen-bond acceptors (Lipinski definition) is 6. The highest BCUT2D eigenvalue weighted by Crippen LogP contribution is 2.27. The summed E-state index contributed by atoms with van der Waals surface area (Å²) >= 11 is 5.39. The molecule has 0 spiro atoms. The lowest BCUT2D eigenvalue weighted by Crippen LogP contribution is -2.30. The standard InChI is InChI=1S/C25H21N3O5S/c1-16-5-3-6-19(11-16)27-24(29)22(26-25(27)34)13-17-9-10-23(32-2)18(12-17)15-33-21-8-4-7-20(14-21)28(30)31/h3-14H,15H2,1-2H3,(H,26,34)/b22-13+. The number of thiocarbonyl (C=S) groups is 1. The van der Waals surface area contributed by atoms with Crippen LogP contribution in [0.3, 0.4) is 0 Å². The molecule has 1 aliphatic rings. The van der Waals surface area contributed by atoms with Gasteiger partial charge < -0.3 is 14.8 Å². The second-order valence-corrected chi connectivity index (χ2v) is 7.97. The first-order valence-electron chi connectivity index (χ1n) is 10.3. The van der Waals surface area contributed by atoms with Gasteiger partial charge >= 0.3 is 0 Å². The second kappa shape index (κ2) is 9.72. The zero-order valence-corrected chi connectivity index (χ0v) is 19.3. The third-order valence-corrected chi connectivity index (χ3v) is 5.46. The summed E-state index contributed by atoms with van der Waals surface area (Å²) in [7, 11) is 1.55. The highest BCUT2D eigenvalue weighted by molar-refractivity contribution is 7.80. The van der Waals surface area contributed by atoms with E-state index in [4.69, 9.17) is 21.7 Å². The maximum Gasteiger partial charge on any atom is 0.281 e. The van der Waals surface area contributed by atoms with Gasteiger partial charge in [0.25, 0.3) is 11.6 Å². The fourth-order valence-electron chi connectivity index (χ4n) is 3.55. The van der Waals surface area contributed by atoms with Crippen molar-refractivity contribution in [1.29, 1.82) is 0 Å². The Hall–Kier alpha value is -4.24. The number of benzene rings is 3. The molecular weight excluding hydrogens is 454 g/mol. The highest BCUT2D eigenvalue weighted by Gasteiger charge is 2.32. The van der Waals surface area contributed by atoms with Gasteiger partial charge in [0.05, 0.1) is 23.8 Å². The summed E-state index contributed by atoms with van der Waals surface area (Å²) in [4.78, 5) is 25.0. The number of nitro benzene ring substituents is 1. The van der Waals surface area contributed by atoms with E-state index in [1.807, 2.05) is 43.3 Å². The Morgan fingerprint density at radius 3 is 2.65 bits per heavy atom. The van der Waals surface area contributed by atoms with Crippen LogP contribution in [0, 0.1) is 17.0 Å². The van der Waals surface area contributed by atoms with E-state index in [0.717, 1.165) is 11.1 Å². The summed E-state index contributed by atoms with van der Waals surface area (Å²) in [5.41, 5.74) is 3.47. The molecule has 0 unspecified atom stereocenters. The topological polar surface area (TPSA) is 93.9 Å². The van der Waals surface area contributed by atoms with Crippen molar-refractivity contribution in [3.8, 4) is 11.5 Å². The Balaban J connectivity index is 1.56. The third kappa shape index (κ3) is 4.89. The predicted molar refractivity (Wildman–Crippen MR) is 133 cm³/mol. The van der Waals surface area contributed by atoms with E-state index in [-0.39, 0.29) is 18.2 Å². The number of ether oxygens (including phenoxy) is 2. The van der Waals surface area contributed by atoms with Gasteiger partial charge in [-0.3, -0.25) is 19.8 Å². The van der Waals surface area contributed by atoms with Crippen LogP contribution in [0.15, 0.2) is 72.4 Å². The summed E-state index contributed by atoms with van der Waals surface area (Å²) in [6.45, 7) is 2.07. The number of nitro groups is 1. The highest BCUT2D eigenvalue weighted by atomic mass is 32.1. The zero-order valence-electron chi connectivity index (χ0n) is 18.5. The van der Waals surface area contributed by atoms with Crippen LogP contribution in [0.5, 0.6) is 11.5 Å². The van der Waals surface area contributed by atoms with Crippen LogP contribution in [-0.2, 0) is 11.4 Å². The first kappa shape index (κ1) is 22.9. The first-order chi connectivity index (χ1) is 16.4. The summed E-state index contributed by atoms with van der Waals surface area (Å²) in [6.07, 6.45) is 1.71. The molecule has 1 aliphatic heterocycles. The first-order valence-corrected chi connectivity index (χ1v) is 10.7. The van der Waals surface area contributed by atoms with Gasteiger partial charge in [-0.2, -0.15) is 0 Å². The fraction of sp³-hybridized carbons (Fsp3) is 0.120. The average molecular weight is 476 g/mol. The van der Waals surface area contributed by atoms with Crippen molar-refractivity contribution in [3.05, 3.63) is 99.2 Å². The summed E-state index contributed by atoms with van der Waals surface area (Å²) in [6, 6.07) is 18.9. The molecule has 9 heteroatoms. The minimum Gasteiger partial charge on any atom is -0.496 e. The van der Waals surface area contributed by atoms with Crippen molar-refractivity contribution in [3.63, 3.8) is 0 Å². The van der Waals surface area contributed by atoms with Crippen molar-refractivity contribution in [1.82, 2.24) is 5.32 Å². The fourth-order valence-corrected chi connectivity index (χ4v) is 3.85. The lowest BCUT2D eigenvalue weighted by molar-refractivity contribution is -0.384. The van der Waals surface area contributed by atoms with E-state index < -0.39 is 4.92 Å². The van der Waals surface area contributed by atoms with Gasteiger partial charge in [0.15, 0.2) is 5.11 Å². The molecule has 0 aromatic heterocycles. The molecule has 1 amide bonds. The van der Waals surface area contributed by atoms with E-state index >= 15 is 0 Å². The van der Waals surface area contributed by atoms with E-state index in [9.17, 15) is 14.9 Å². The summed E-state index contributed by atoms with van der Waals surface area (Å²) in [5.74, 6) is 0.711. The molecule has 0 aliphatic carbocycles. The van der Waals surface area contributed by atoms with Crippen molar-refractivity contribution in [2.24, 2.45) is 0 Å². The van der Waals surface area contributed by atoms with Crippen LogP contribution >= 0.6 is 12.2 Å². The largest absolute Gasteiger partial charge is 0.496 e. The number of anilines is 1. The molecule has 4 rings (SSSR count). The Bertz CT molecular complexity index is 1320. The van der Waals surface area contributed by atoms with E-state index in [0.29, 0.717) is 33.6 Å². The monoisotopic (exact) mass is 475 g/mol. The number of hydrogen-bond donors (Lipinski definition) is 1. The number of nitrogens with one attached hydrogen (secondary N) is 1. The molecule has 0 bridgehead atoms. The third-order valence-electron chi connectivity index (χ3n) is 5.18. The normalized spacial score (nSPS) is 14.3. The van der Waals surface area contributed by atoms with Gasteiger partial charge in [-0.05, 0) is 66.7 Å². The van der Waals surface area contributed by atoms with Gasteiger partial charge in [0, 0.05) is 11.6 Å². The Kier molecular flexibility index (Phi) is 6.55. The van der Waals surface area contributed by atoms with E-state index in [2.05, 4.69) is 5.32 Å². The number of amides is 1. The van der Waals surface area contributed by atoms with Gasteiger partial charge in [-0.15, -0.1) is 0 Å². The van der Waals surface area contributed by atoms with Crippen LogP contribution in [0.2, 0.25) is 0 Å². The van der Waals surface area contributed by atoms with Crippen molar-refractivity contribution in [2.45, 2.75) is 13.5 Å². The number of nitrogens with zero attached hydrogens (tertiary/aromatic N) is 2. The van der Waals surface area contributed by atoms with Gasteiger partial charge in [-0.25, -0.2) is 0 Å².